The van der Waals surface area contributed by atoms with Gasteiger partial charge in [0.05, 0.1) is 4.34 Å². The highest BCUT2D eigenvalue weighted by atomic mass is 35.5. The van der Waals surface area contributed by atoms with Crippen LogP contribution in [0.2, 0.25) is 4.34 Å². The molecule has 0 spiro atoms. The zero-order valence-corrected chi connectivity index (χ0v) is 7.17. The Morgan fingerprint density at radius 3 is 2.42 bits per heavy atom. The third kappa shape index (κ3) is 2.12. The number of aliphatic hydroxyl groups is 1. The molecule has 0 aliphatic heterocycles. The van der Waals surface area contributed by atoms with E-state index in [0.717, 1.165) is 17.4 Å². The molecule has 0 aliphatic rings. The summed E-state index contributed by atoms with van der Waals surface area (Å²) in [5.41, 5.74) is -0.211. The molecule has 0 aliphatic carbocycles. The summed E-state index contributed by atoms with van der Waals surface area (Å²) in [6, 6.07) is 1.10. The second-order valence-electron chi connectivity index (χ2n) is 2.13. The van der Waals surface area contributed by atoms with Crippen molar-refractivity contribution >= 4 is 22.9 Å². The molecule has 0 radical (unpaired) electrons. The van der Waals surface area contributed by atoms with E-state index in [9.17, 15) is 13.2 Å². The molecule has 0 fully saturated rings. The van der Waals surface area contributed by atoms with Gasteiger partial charge in [-0.1, -0.05) is 11.6 Å². The Labute approximate surface area is 75.4 Å². The molecule has 0 aromatic carbocycles. The summed E-state index contributed by atoms with van der Waals surface area (Å²) in [6.45, 7) is 0. The molecule has 68 valence electrons. The van der Waals surface area contributed by atoms with Crippen LogP contribution in [-0.4, -0.2) is 11.3 Å². The van der Waals surface area contributed by atoms with Crippen molar-refractivity contribution in [3.8, 4) is 0 Å². The van der Waals surface area contributed by atoms with Crippen molar-refractivity contribution in [2.24, 2.45) is 0 Å². The highest BCUT2D eigenvalue weighted by Gasteiger charge is 2.39. The maximum atomic E-state index is 11.9. The average molecular weight is 217 g/mol. The third-order valence-electron chi connectivity index (χ3n) is 1.21. The number of hydrogen-bond donors (Lipinski definition) is 1. The largest absolute Gasteiger partial charge is 0.418 e. The van der Waals surface area contributed by atoms with Gasteiger partial charge in [-0.15, -0.1) is 11.3 Å². The molecular weight excluding hydrogens is 213 g/mol. The lowest BCUT2D eigenvalue weighted by atomic mass is 10.2. The Kier molecular flexibility index (Phi) is 2.65. The van der Waals surface area contributed by atoms with Gasteiger partial charge in [-0.3, -0.25) is 0 Å². The number of hydrogen-bond acceptors (Lipinski definition) is 2. The maximum absolute atomic E-state index is 11.9. The van der Waals surface area contributed by atoms with Crippen LogP contribution in [0.15, 0.2) is 11.4 Å². The first-order valence-electron chi connectivity index (χ1n) is 2.90. The zero-order chi connectivity index (χ0) is 9.35. The molecule has 1 aromatic heterocycles. The molecule has 12 heavy (non-hydrogen) atoms. The SMILES string of the molecule is O[C@@H](c1csc(Cl)c1)C(F)(F)F. The first-order valence-corrected chi connectivity index (χ1v) is 4.15. The predicted molar refractivity (Wildman–Crippen MR) is 40.3 cm³/mol. The summed E-state index contributed by atoms with van der Waals surface area (Å²) < 4.78 is 35.8. The molecule has 0 amide bonds. The predicted octanol–water partition coefficient (Wildman–Crippen LogP) is 3.00. The first-order chi connectivity index (χ1) is 5.41. The summed E-state index contributed by atoms with van der Waals surface area (Å²) in [5.74, 6) is 0. The molecular formula is C6H4ClF3OS. The van der Waals surface area contributed by atoms with E-state index in [1.54, 1.807) is 0 Å². The van der Waals surface area contributed by atoms with Gasteiger partial charge in [0.2, 0.25) is 0 Å². The van der Waals surface area contributed by atoms with Gasteiger partial charge in [0.25, 0.3) is 0 Å². The van der Waals surface area contributed by atoms with Crippen LogP contribution in [0.25, 0.3) is 0 Å². The smallest absolute Gasteiger partial charge is 0.379 e. The number of alkyl halides is 3. The van der Waals surface area contributed by atoms with Crippen LogP contribution in [0.1, 0.15) is 11.7 Å². The molecule has 1 N–H and O–H groups in total. The second kappa shape index (κ2) is 3.24. The Morgan fingerprint density at radius 1 is 1.50 bits per heavy atom. The minimum Gasteiger partial charge on any atom is -0.379 e. The summed E-state index contributed by atoms with van der Waals surface area (Å²) in [4.78, 5) is 0. The number of halogens is 4. The fraction of sp³-hybridized carbons (Fsp3) is 0.333. The van der Waals surface area contributed by atoms with Gasteiger partial charge in [0, 0.05) is 5.56 Å². The molecule has 0 bridgehead atoms. The van der Waals surface area contributed by atoms with E-state index in [1.165, 1.54) is 5.38 Å². The summed E-state index contributed by atoms with van der Waals surface area (Å²) in [7, 11) is 0. The molecule has 1 nitrogen and oxygen atoms in total. The van der Waals surface area contributed by atoms with Gasteiger partial charge in [-0.2, -0.15) is 13.2 Å². The molecule has 1 aromatic rings. The average Bonchev–Trinajstić information content (AvgIpc) is 2.32. The van der Waals surface area contributed by atoms with Gasteiger partial charge in [0.1, 0.15) is 0 Å². The number of thiophene rings is 1. The molecule has 6 heteroatoms. The Morgan fingerprint density at radius 2 is 2.08 bits per heavy atom. The van der Waals surface area contributed by atoms with Crippen LogP contribution in [0.3, 0.4) is 0 Å². The molecule has 0 saturated carbocycles. The van der Waals surface area contributed by atoms with Crippen molar-refractivity contribution in [3.63, 3.8) is 0 Å². The summed E-state index contributed by atoms with van der Waals surface area (Å²) >= 11 is 6.35. The third-order valence-corrected chi connectivity index (χ3v) is 2.32. The Bertz CT molecular complexity index is 270. The zero-order valence-electron chi connectivity index (χ0n) is 5.60. The van der Waals surface area contributed by atoms with E-state index in [1.807, 2.05) is 0 Å². The molecule has 1 heterocycles. The van der Waals surface area contributed by atoms with Crippen LogP contribution in [0.5, 0.6) is 0 Å². The van der Waals surface area contributed by atoms with E-state index in [0.29, 0.717) is 0 Å². The van der Waals surface area contributed by atoms with Gasteiger partial charge in [-0.25, -0.2) is 0 Å². The van der Waals surface area contributed by atoms with Gasteiger partial charge >= 0.3 is 6.18 Å². The minimum atomic E-state index is -4.62. The lowest BCUT2D eigenvalue weighted by Crippen LogP contribution is -2.19. The number of rotatable bonds is 1. The van der Waals surface area contributed by atoms with E-state index in [-0.39, 0.29) is 9.90 Å². The van der Waals surface area contributed by atoms with Crippen LogP contribution in [0, 0.1) is 0 Å². The highest BCUT2D eigenvalue weighted by molar-refractivity contribution is 7.14. The summed E-state index contributed by atoms with van der Waals surface area (Å²) in [5, 5.41) is 9.87. The molecule has 0 unspecified atom stereocenters. The van der Waals surface area contributed by atoms with Crippen molar-refractivity contribution in [1.29, 1.82) is 0 Å². The van der Waals surface area contributed by atoms with Gasteiger partial charge in [0.15, 0.2) is 6.10 Å². The van der Waals surface area contributed by atoms with E-state index in [4.69, 9.17) is 16.7 Å². The Hall–Kier alpha value is -0.260. The standard InChI is InChI=1S/C6H4ClF3OS/c7-4-1-3(2-12-4)5(11)6(8,9)10/h1-2,5,11H/t5-/m0/s1. The monoisotopic (exact) mass is 216 g/mol. The quantitative estimate of drug-likeness (QED) is 0.765. The van der Waals surface area contributed by atoms with E-state index < -0.39 is 12.3 Å². The first kappa shape index (κ1) is 9.83. The normalized spacial score (nSPS) is 14.8. The fourth-order valence-corrected chi connectivity index (χ4v) is 1.57. The van der Waals surface area contributed by atoms with Gasteiger partial charge < -0.3 is 5.11 Å². The molecule has 1 rings (SSSR count). The van der Waals surface area contributed by atoms with E-state index >= 15 is 0 Å². The van der Waals surface area contributed by atoms with E-state index in [2.05, 4.69) is 0 Å². The lowest BCUT2D eigenvalue weighted by molar-refractivity contribution is -0.206. The Balaban J connectivity index is 2.85. The van der Waals surface area contributed by atoms with Crippen molar-refractivity contribution in [3.05, 3.63) is 21.3 Å². The van der Waals surface area contributed by atoms with Crippen molar-refractivity contribution in [2.45, 2.75) is 12.3 Å². The van der Waals surface area contributed by atoms with Crippen molar-refractivity contribution in [2.75, 3.05) is 0 Å². The van der Waals surface area contributed by atoms with Gasteiger partial charge in [-0.05, 0) is 11.4 Å². The number of aliphatic hydroxyl groups excluding tert-OH is 1. The van der Waals surface area contributed by atoms with Crippen LogP contribution < -0.4 is 0 Å². The van der Waals surface area contributed by atoms with Crippen molar-refractivity contribution < 1.29 is 18.3 Å². The van der Waals surface area contributed by atoms with Crippen LogP contribution in [-0.2, 0) is 0 Å². The van der Waals surface area contributed by atoms with Crippen LogP contribution in [0.4, 0.5) is 13.2 Å². The van der Waals surface area contributed by atoms with Crippen molar-refractivity contribution in [1.82, 2.24) is 0 Å². The fourth-order valence-electron chi connectivity index (χ4n) is 0.656. The molecule has 1 atom stereocenters. The topological polar surface area (TPSA) is 20.2 Å². The second-order valence-corrected chi connectivity index (χ2v) is 3.67. The lowest BCUT2D eigenvalue weighted by Gasteiger charge is -2.12. The van der Waals surface area contributed by atoms with Crippen LogP contribution >= 0.6 is 22.9 Å². The molecule has 0 saturated heterocycles. The highest BCUT2D eigenvalue weighted by Crippen LogP contribution is 2.35. The minimum absolute atomic E-state index is 0.211. The maximum Gasteiger partial charge on any atom is 0.418 e. The summed E-state index contributed by atoms with van der Waals surface area (Å²) in [6.07, 6.45) is -7.05.